The van der Waals surface area contributed by atoms with Crippen LogP contribution in [-0.4, -0.2) is 74.7 Å². The number of nitrogens with one attached hydrogen (secondary N) is 1. The summed E-state index contributed by atoms with van der Waals surface area (Å²) in [7, 11) is 1.88. The van der Waals surface area contributed by atoms with Crippen LogP contribution in [0.3, 0.4) is 0 Å². The van der Waals surface area contributed by atoms with Crippen LogP contribution in [0.5, 0.6) is 0 Å². The molecule has 2 rings (SSSR count). The quantitative estimate of drug-likeness (QED) is 0.398. The molecule has 0 amide bonds. The number of nitrogens with zero attached hydrogens (tertiary/aromatic N) is 4. The first-order chi connectivity index (χ1) is 11.2. The van der Waals surface area contributed by atoms with Crippen molar-refractivity contribution in [2.45, 2.75) is 26.8 Å². The first-order valence-electron chi connectivity index (χ1n) is 8.67. The largest absolute Gasteiger partial charge is 0.360 e. The van der Waals surface area contributed by atoms with Gasteiger partial charge in [0.05, 0.1) is 5.00 Å². The van der Waals surface area contributed by atoms with Crippen molar-refractivity contribution in [2.24, 2.45) is 4.99 Å². The predicted octanol–water partition coefficient (Wildman–Crippen LogP) is 2.79. The molecule has 1 atom stereocenters. The van der Waals surface area contributed by atoms with E-state index in [-0.39, 0.29) is 24.0 Å². The summed E-state index contributed by atoms with van der Waals surface area (Å²) >= 11 is 1.82. The summed E-state index contributed by atoms with van der Waals surface area (Å²) in [6, 6.07) is 4.86. The topological polar surface area (TPSA) is 34.1 Å². The predicted molar refractivity (Wildman–Crippen MR) is 117 cm³/mol. The number of thiophene rings is 1. The second-order valence-electron chi connectivity index (χ2n) is 5.92. The highest BCUT2D eigenvalue weighted by atomic mass is 127. The van der Waals surface area contributed by atoms with E-state index in [2.05, 4.69) is 63.3 Å². The van der Waals surface area contributed by atoms with E-state index in [4.69, 9.17) is 0 Å². The van der Waals surface area contributed by atoms with Gasteiger partial charge in [-0.3, -0.25) is 9.89 Å². The van der Waals surface area contributed by atoms with Gasteiger partial charge in [0, 0.05) is 45.8 Å². The maximum atomic E-state index is 4.48. The average Bonchev–Trinajstić information content (AvgIpc) is 3.11. The molecule has 7 heteroatoms. The molecule has 1 aliphatic heterocycles. The van der Waals surface area contributed by atoms with Crippen molar-refractivity contribution in [3.63, 3.8) is 0 Å². The van der Waals surface area contributed by atoms with Crippen molar-refractivity contribution in [1.82, 2.24) is 15.1 Å². The number of aliphatic imine (C=N–C) groups is 1. The van der Waals surface area contributed by atoms with Crippen LogP contribution in [0, 0.1) is 0 Å². The molecule has 5 nitrogen and oxygen atoms in total. The molecule has 1 aliphatic rings. The summed E-state index contributed by atoms with van der Waals surface area (Å²) in [6.45, 7) is 14.0. The van der Waals surface area contributed by atoms with Crippen molar-refractivity contribution >= 4 is 46.3 Å². The number of rotatable bonds is 6. The minimum Gasteiger partial charge on any atom is -0.360 e. The lowest BCUT2D eigenvalue weighted by molar-refractivity contribution is 0.229. The molecule has 0 aromatic carbocycles. The van der Waals surface area contributed by atoms with Gasteiger partial charge in [0.25, 0.3) is 0 Å². The van der Waals surface area contributed by atoms with Gasteiger partial charge in [-0.05, 0) is 37.5 Å². The van der Waals surface area contributed by atoms with Gasteiger partial charge in [0.2, 0.25) is 0 Å². The smallest absolute Gasteiger partial charge is 0.193 e. The molecule has 138 valence electrons. The number of halogens is 1. The first kappa shape index (κ1) is 21.5. The number of anilines is 1. The van der Waals surface area contributed by atoms with Crippen LogP contribution in [0.25, 0.3) is 0 Å². The Labute approximate surface area is 168 Å². The zero-order valence-electron chi connectivity index (χ0n) is 15.4. The molecule has 1 unspecified atom stereocenters. The van der Waals surface area contributed by atoms with Gasteiger partial charge in [-0.1, -0.05) is 13.8 Å². The Morgan fingerprint density at radius 2 is 1.96 bits per heavy atom. The van der Waals surface area contributed by atoms with Gasteiger partial charge in [-0.25, -0.2) is 0 Å². The number of guanidine groups is 1. The second-order valence-corrected chi connectivity index (χ2v) is 6.85. The molecule has 1 aromatic heterocycles. The van der Waals surface area contributed by atoms with Gasteiger partial charge in [-0.2, -0.15) is 0 Å². The van der Waals surface area contributed by atoms with Gasteiger partial charge in [0.15, 0.2) is 5.96 Å². The Bertz CT molecular complexity index is 467. The molecule has 1 saturated heterocycles. The fourth-order valence-electron chi connectivity index (χ4n) is 3.14. The molecular formula is C17H32IN5S. The normalized spacial score (nSPS) is 17.0. The SMILES string of the molecule is CCN(CC)C(C)CNC(=NC)N1CCN(c2cccs2)CC1.I. The summed E-state index contributed by atoms with van der Waals surface area (Å²) in [5.74, 6) is 1.04. The van der Waals surface area contributed by atoms with E-state index in [1.807, 2.05) is 18.4 Å². The summed E-state index contributed by atoms with van der Waals surface area (Å²) in [4.78, 5) is 11.8. The summed E-state index contributed by atoms with van der Waals surface area (Å²) < 4.78 is 0. The number of piperazine rings is 1. The molecule has 0 saturated carbocycles. The van der Waals surface area contributed by atoms with Crippen LogP contribution in [0.4, 0.5) is 5.00 Å². The molecule has 0 bridgehead atoms. The highest BCUT2D eigenvalue weighted by molar-refractivity contribution is 14.0. The van der Waals surface area contributed by atoms with Gasteiger partial charge in [0.1, 0.15) is 0 Å². The minimum atomic E-state index is 0. The number of hydrogen-bond donors (Lipinski definition) is 1. The molecule has 1 fully saturated rings. The van der Waals surface area contributed by atoms with Crippen molar-refractivity contribution in [1.29, 1.82) is 0 Å². The molecule has 0 aliphatic carbocycles. The highest BCUT2D eigenvalue weighted by Gasteiger charge is 2.21. The zero-order chi connectivity index (χ0) is 16.7. The molecule has 2 heterocycles. The highest BCUT2D eigenvalue weighted by Crippen LogP contribution is 2.22. The Morgan fingerprint density at radius 3 is 2.46 bits per heavy atom. The number of hydrogen-bond acceptors (Lipinski definition) is 4. The molecular weight excluding hydrogens is 433 g/mol. The summed E-state index contributed by atoms with van der Waals surface area (Å²) in [5, 5.41) is 7.08. The van der Waals surface area contributed by atoms with E-state index >= 15 is 0 Å². The van der Waals surface area contributed by atoms with Crippen molar-refractivity contribution in [3.05, 3.63) is 17.5 Å². The molecule has 1 N–H and O–H groups in total. The van der Waals surface area contributed by atoms with Crippen LogP contribution >= 0.6 is 35.3 Å². The number of likely N-dealkylation sites (N-methyl/N-ethyl adjacent to an activating group) is 1. The molecule has 0 radical (unpaired) electrons. The fraction of sp³-hybridized carbons (Fsp3) is 0.706. The Morgan fingerprint density at radius 1 is 1.29 bits per heavy atom. The van der Waals surface area contributed by atoms with E-state index in [0.29, 0.717) is 6.04 Å². The van der Waals surface area contributed by atoms with E-state index in [1.165, 1.54) is 5.00 Å². The molecule has 24 heavy (non-hydrogen) atoms. The maximum absolute atomic E-state index is 4.48. The minimum absolute atomic E-state index is 0. The molecule has 0 spiro atoms. The van der Waals surface area contributed by atoms with Crippen molar-refractivity contribution in [3.8, 4) is 0 Å². The fourth-order valence-corrected chi connectivity index (χ4v) is 3.92. The average molecular weight is 465 g/mol. The third-order valence-electron chi connectivity index (χ3n) is 4.60. The van der Waals surface area contributed by atoms with Crippen LogP contribution in [0.1, 0.15) is 20.8 Å². The standard InChI is InChI=1S/C17H31N5S.HI/c1-5-20(6-2)15(3)14-19-17(18-4)22-11-9-21(10-12-22)16-8-7-13-23-16;/h7-8,13,15H,5-6,9-12,14H2,1-4H3,(H,18,19);1H. The van der Waals surface area contributed by atoms with Crippen LogP contribution in [0.15, 0.2) is 22.5 Å². The lowest BCUT2D eigenvalue weighted by Gasteiger charge is -2.37. The third kappa shape index (κ3) is 5.77. The summed E-state index contributed by atoms with van der Waals surface area (Å²) in [6.07, 6.45) is 0. The van der Waals surface area contributed by atoms with Crippen molar-refractivity contribution < 1.29 is 0 Å². The van der Waals surface area contributed by atoms with Gasteiger partial charge >= 0.3 is 0 Å². The third-order valence-corrected chi connectivity index (χ3v) is 5.53. The first-order valence-corrected chi connectivity index (χ1v) is 9.55. The second kappa shape index (κ2) is 11.1. The van der Waals surface area contributed by atoms with E-state index in [9.17, 15) is 0 Å². The summed E-state index contributed by atoms with van der Waals surface area (Å²) in [5.41, 5.74) is 0. The van der Waals surface area contributed by atoms with Crippen LogP contribution < -0.4 is 10.2 Å². The van der Waals surface area contributed by atoms with Crippen molar-refractivity contribution in [2.75, 3.05) is 57.8 Å². The Hall–Kier alpha value is -0.540. The monoisotopic (exact) mass is 465 g/mol. The Balaban J connectivity index is 0.00000288. The van der Waals surface area contributed by atoms with Gasteiger partial charge < -0.3 is 15.1 Å². The lowest BCUT2D eigenvalue weighted by atomic mass is 10.2. The molecule has 1 aromatic rings. The van der Waals surface area contributed by atoms with E-state index < -0.39 is 0 Å². The van der Waals surface area contributed by atoms with Crippen LogP contribution in [-0.2, 0) is 0 Å². The zero-order valence-corrected chi connectivity index (χ0v) is 18.5. The van der Waals surface area contributed by atoms with E-state index in [1.54, 1.807) is 0 Å². The van der Waals surface area contributed by atoms with Gasteiger partial charge in [-0.15, -0.1) is 35.3 Å². The maximum Gasteiger partial charge on any atom is 0.193 e. The lowest BCUT2D eigenvalue weighted by Crippen LogP contribution is -2.54. The van der Waals surface area contributed by atoms with E-state index in [0.717, 1.165) is 51.8 Å². The Kier molecular flexibility index (Phi) is 9.99. The van der Waals surface area contributed by atoms with Crippen LogP contribution in [0.2, 0.25) is 0 Å².